The summed E-state index contributed by atoms with van der Waals surface area (Å²) in [4.78, 5) is 43.2. The lowest BCUT2D eigenvalue weighted by molar-refractivity contribution is -0.142. The minimum atomic E-state index is -0.878. The Morgan fingerprint density at radius 2 is 1.51 bits per heavy atom. The van der Waals surface area contributed by atoms with Crippen LogP contribution in [0, 0.1) is 24.7 Å². The van der Waals surface area contributed by atoms with Crippen LogP contribution in [0.15, 0.2) is 91.0 Å². The number of allylic oxidation sites excluding steroid dienone is 1. The Bertz CT molecular complexity index is 1720. The number of benzene rings is 4. The predicted octanol–water partition coefficient (Wildman–Crippen LogP) is 5.68. The van der Waals surface area contributed by atoms with Gasteiger partial charge in [-0.05, 0) is 47.2 Å². The zero-order valence-corrected chi connectivity index (χ0v) is 21.5. The van der Waals surface area contributed by atoms with E-state index in [1.54, 1.807) is 13.2 Å². The van der Waals surface area contributed by atoms with Crippen LogP contribution in [0.2, 0.25) is 0 Å². The van der Waals surface area contributed by atoms with Gasteiger partial charge in [-0.25, -0.2) is 4.90 Å². The number of aryl methyl sites for hydroxylation is 1. The number of methoxy groups -OCH3 is 1. The lowest BCUT2D eigenvalue weighted by atomic mass is 9.64. The number of hydrogen-bond donors (Lipinski definition) is 0. The van der Waals surface area contributed by atoms with Crippen molar-refractivity contribution in [1.29, 1.82) is 0 Å². The molecule has 0 bridgehead atoms. The molecular weight excluding hydrogens is 490 g/mol. The van der Waals surface area contributed by atoms with Gasteiger partial charge in [-0.3, -0.25) is 14.4 Å². The first-order valence-corrected chi connectivity index (χ1v) is 13.0. The molecule has 0 aromatic heterocycles. The molecule has 4 atom stereocenters. The molecule has 1 saturated heterocycles. The number of hydrogen-bond acceptors (Lipinski definition) is 5. The molecule has 2 amide bonds. The fourth-order valence-electron chi connectivity index (χ4n) is 6.49. The van der Waals surface area contributed by atoms with Gasteiger partial charge in [0.2, 0.25) is 11.8 Å². The van der Waals surface area contributed by atoms with E-state index in [1.165, 1.54) is 4.90 Å². The highest BCUT2D eigenvalue weighted by atomic mass is 16.5. The summed E-state index contributed by atoms with van der Waals surface area (Å²) in [5.41, 5.74) is 3.76. The molecule has 2 heterocycles. The van der Waals surface area contributed by atoms with Crippen molar-refractivity contribution in [3.05, 3.63) is 108 Å². The lowest BCUT2D eigenvalue weighted by Crippen LogP contribution is -2.42. The van der Waals surface area contributed by atoms with Crippen LogP contribution in [0.5, 0.6) is 11.5 Å². The topological polar surface area (TPSA) is 72.9 Å². The average molecular weight is 516 g/mol. The fourth-order valence-corrected chi connectivity index (χ4v) is 6.49. The van der Waals surface area contributed by atoms with Crippen LogP contribution < -0.4 is 14.4 Å². The lowest BCUT2D eigenvalue weighted by Gasteiger charge is -2.38. The van der Waals surface area contributed by atoms with Crippen LogP contribution in [0.25, 0.3) is 16.3 Å². The van der Waals surface area contributed by atoms with Gasteiger partial charge in [0.15, 0.2) is 0 Å². The van der Waals surface area contributed by atoms with Gasteiger partial charge >= 0.3 is 5.97 Å². The maximum Gasteiger partial charge on any atom is 0.319 e. The average Bonchev–Trinajstić information content (AvgIpc) is 3.22. The molecular formula is C33H25NO5. The number of fused-ring (bicyclic) bond motifs is 7. The van der Waals surface area contributed by atoms with Crippen molar-refractivity contribution in [1.82, 2.24) is 0 Å². The maximum atomic E-state index is 14.2. The molecule has 6 heteroatoms. The van der Waals surface area contributed by atoms with E-state index in [0.29, 0.717) is 17.2 Å². The van der Waals surface area contributed by atoms with Crippen molar-refractivity contribution in [3.63, 3.8) is 0 Å². The summed E-state index contributed by atoms with van der Waals surface area (Å²) in [6, 6.07) is 26.6. The molecule has 0 unspecified atom stereocenters. The molecule has 3 aliphatic rings. The number of amides is 2. The number of imide groups is 1. The van der Waals surface area contributed by atoms with Gasteiger partial charge in [0.1, 0.15) is 11.5 Å². The fraction of sp³-hybridized carbons (Fsp3) is 0.182. The van der Waals surface area contributed by atoms with Crippen LogP contribution in [0.4, 0.5) is 5.69 Å². The van der Waals surface area contributed by atoms with Crippen molar-refractivity contribution in [2.24, 2.45) is 17.8 Å². The molecule has 2 aliphatic heterocycles. The number of carbonyl (C=O) groups excluding carboxylic acids is 3. The van der Waals surface area contributed by atoms with Gasteiger partial charge in [0, 0.05) is 16.9 Å². The van der Waals surface area contributed by atoms with E-state index in [9.17, 15) is 14.4 Å². The summed E-state index contributed by atoms with van der Waals surface area (Å²) >= 11 is 0. The van der Waals surface area contributed by atoms with Crippen molar-refractivity contribution in [3.8, 4) is 11.5 Å². The molecule has 0 radical (unpaired) electrons. The summed E-state index contributed by atoms with van der Waals surface area (Å²) in [7, 11) is 1.60. The van der Waals surface area contributed by atoms with Gasteiger partial charge in [0.05, 0.1) is 30.6 Å². The van der Waals surface area contributed by atoms with Crippen molar-refractivity contribution in [2.75, 3.05) is 12.0 Å². The van der Waals surface area contributed by atoms with E-state index in [0.717, 1.165) is 33.0 Å². The second kappa shape index (κ2) is 8.67. The number of ether oxygens (including phenoxy) is 2. The molecule has 7 rings (SSSR count). The second-order valence-corrected chi connectivity index (χ2v) is 10.3. The zero-order chi connectivity index (χ0) is 26.8. The van der Waals surface area contributed by atoms with Crippen LogP contribution in [-0.2, 0) is 14.4 Å². The Balaban J connectivity index is 1.45. The van der Waals surface area contributed by atoms with Crippen LogP contribution >= 0.6 is 0 Å². The van der Waals surface area contributed by atoms with E-state index < -0.39 is 29.6 Å². The summed E-state index contributed by atoms with van der Waals surface area (Å²) in [5, 5.41) is 1.79. The second-order valence-electron chi connectivity index (χ2n) is 10.3. The first-order valence-electron chi connectivity index (χ1n) is 13.0. The van der Waals surface area contributed by atoms with E-state index in [4.69, 9.17) is 9.47 Å². The molecule has 1 aliphatic carbocycles. The Hall–Kier alpha value is -4.71. The third kappa shape index (κ3) is 3.37. The Kier molecular flexibility index (Phi) is 5.20. The number of esters is 1. The van der Waals surface area contributed by atoms with Gasteiger partial charge in [-0.2, -0.15) is 0 Å². The Morgan fingerprint density at radius 1 is 0.795 bits per heavy atom. The van der Waals surface area contributed by atoms with Crippen molar-refractivity contribution >= 4 is 39.8 Å². The zero-order valence-electron chi connectivity index (χ0n) is 21.5. The third-order valence-corrected chi connectivity index (χ3v) is 8.34. The number of nitrogens with zero attached hydrogens (tertiary/aromatic N) is 1. The van der Waals surface area contributed by atoms with Crippen LogP contribution in [-0.4, -0.2) is 24.9 Å². The molecule has 0 N–H and O–H groups in total. The van der Waals surface area contributed by atoms with Crippen molar-refractivity contribution in [2.45, 2.75) is 12.8 Å². The first-order chi connectivity index (χ1) is 19.0. The van der Waals surface area contributed by atoms with Gasteiger partial charge in [-0.15, -0.1) is 0 Å². The van der Waals surface area contributed by atoms with E-state index in [-0.39, 0.29) is 11.8 Å². The van der Waals surface area contributed by atoms with E-state index >= 15 is 0 Å². The number of carbonyl (C=O) groups is 3. The minimum absolute atomic E-state index is 0.299. The number of anilines is 1. The summed E-state index contributed by atoms with van der Waals surface area (Å²) in [5.74, 6) is -2.87. The smallest absolute Gasteiger partial charge is 0.319 e. The summed E-state index contributed by atoms with van der Waals surface area (Å²) in [6.45, 7) is 1.87. The highest BCUT2D eigenvalue weighted by Crippen LogP contribution is 2.55. The molecule has 0 spiro atoms. The van der Waals surface area contributed by atoms with E-state index in [1.807, 2.05) is 91.9 Å². The normalized spacial score (nSPS) is 23.6. The molecule has 1 fully saturated rings. The summed E-state index contributed by atoms with van der Waals surface area (Å²) < 4.78 is 11.3. The molecule has 0 saturated carbocycles. The van der Waals surface area contributed by atoms with Crippen LogP contribution in [0.3, 0.4) is 0 Å². The third-order valence-electron chi connectivity index (χ3n) is 8.34. The monoisotopic (exact) mass is 515 g/mol. The Labute approximate surface area is 225 Å². The molecule has 39 heavy (non-hydrogen) atoms. The summed E-state index contributed by atoms with van der Waals surface area (Å²) in [6.07, 6.45) is 2.01. The first kappa shape index (κ1) is 23.4. The van der Waals surface area contributed by atoms with Gasteiger partial charge in [-0.1, -0.05) is 72.8 Å². The quantitative estimate of drug-likeness (QED) is 0.199. The maximum absolute atomic E-state index is 14.2. The van der Waals surface area contributed by atoms with E-state index in [2.05, 4.69) is 0 Å². The molecule has 192 valence electrons. The van der Waals surface area contributed by atoms with Gasteiger partial charge < -0.3 is 9.47 Å². The van der Waals surface area contributed by atoms with Crippen molar-refractivity contribution < 1.29 is 23.9 Å². The highest BCUT2D eigenvalue weighted by Gasteiger charge is 2.60. The number of para-hydroxylation sites is 1. The molecule has 4 aromatic rings. The SMILES string of the molecule is COc1ccc([C@@H]2C=C3c4ccc5ccccc5c4OC(=O)[C@@H]3[C@@H]3C(=O)N(c4ccccc4C)C(=O)[C@H]32)cc1. The standard InChI is InChI=1S/C33H25NO5/c1-18-7-3-6-10-26(18)34-31(35)27-24(20-11-14-21(38-2)15-12-20)17-25-23-16-13-19-8-4-5-9-22(19)30(23)39-33(37)28(25)29(27)32(34)36/h3-17,24,27-29H,1-2H3/t24-,27-,28-,29+/m0/s1. The Morgan fingerprint density at radius 3 is 2.28 bits per heavy atom. The predicted molar refractivity (Wildman–Crippen MR) is 147 cm³/mol. The number of rotatable bonds is 3. The van der Waals surface area contributed by atoms with Gasteiger partial charge in [0.25, 0.3) is 0 Å². The minimum Gasteiger partial charge on any atom is -0.497 e. The largest absolute Gasteiger partial charge is 0.497 e. The highest BCUT2D eigenvalue weighted by molar-refractivity contribution is 6.25. The molecule has 6 nitrogen and oxygen atoms in total. The van der Waals surface area contributed by atoms with Crippen LogP contribution in [0.1, 0.15) is 22.6 Å². The molecule has 4 aromatic carbocycles.